The van der Waals surface area contributed by atoms with Crippen molar-refractivity contribution in [3.8, 4) is 0 Å². The summed E-state index contributed by atoms with van der Waals surface area (Å²) in [6.07, 6.45) is 10.7. The molecule has 136 valence electrons. The molecule has 0 aromatic heterocycles. The van der Waals surface area contributed by atoms with E-state index in [9.17, 15) is 13.2 Å². The van der Waals surface area contributed by atoms with Gasteiger partial charge < -0.3 is 5.32 Å². The van der Waals surface area contributed by atoms with Crippen molar-refractivity contribution < 1.29 is 13.2 Å². The van der Waals surface area contributed by atoms with E-state index >= 15 is 0 Å². The lowest BCUT2D eigenvalue weighted by molar-refractivity contribution is -0.130. The summed E-state index contributed by atoms with van der Waals surface area (Å²) in [6, 6.07) is 6.91. The number of rotatable bonds is 5. The number of hydrogen-bond acceptors (Lipinski definition) is 3. The van der Waals surface area contributed by atoms with Crippen molar-refractivity contribution in [3.05, 3.63) is 41.5 Å². The Morgan fingerprint density at radius 3 is 2.28 bits per heavy atom. The summed E-state index contributed by atoms with van der Waals surface area (Å²) in [7, 11) is -3.22. The van der Waals surface area contributed by atoms with Gasteiger partial charge in [0, 0.05) is 12.3 Å². The zero-order valence-corrected chi connectivity index (χ0v) is 15.9. The highest BCUT2D eigenvalue weighted by Crippen LogP contribution is 2.44. The SMILES string of the molecule is CC(NC(=O)C1(c2ccc(S(C)(=O)=O)cc2)CCC1)C1=CCCCC1. The van der Waals surface area contributed by atoms with Gasteiger partial charge in [-0.05, 0) is 63.1 Å². The third-order valence-corrected chi connectivity index (χ3v) is 6.84. The molecule has 5 heteroatoms. The molecular weight excluding hydrogens is 334 g/mol. The van der Waals surface area contributed by atoms with Gasteiger partial charge in [-0.1, -0.05) is 30.2 Å². The zero-order chi connectivity index (χ0) is 18.1. The number of nitrogens with one attached hydrogen (secondary N) is 1. The zero-order valence-electron chi connectivity index (χ0n) is 15.0. The fourth-order valence-corrected chi connectivity index (χ4v) is 4.51. The van der Waals surface area contributed by atoms with Gasteiger partial charge in [0.15, 0.2) is 9.84 Å². The molecule has 3 rings (SSSR count). The maximum Gasteiger partial charge on any atom is 0.231 e. The first-order valence-electron chi connectivity index (χ1n) is 9.13. The molecule has 1 saturated carbocycles. The fraction of sp³-hybridized carbons (Fsp3) is 0.550. The van der Waals surface area contributed by atoms with Crippen LogP contribution in [0.25, 0.3) is 0 Å². The van der Waals surface area contributed by atoms with Gasteiger partial charge in [-0.2, -0.15) is 0 Å². The van der Waals surface area contributed by atoms with Crippen LogP contribution in [-0.4, -0.2) is 26.6 Å². The minimum absolute atomic E-state index is 0.0700. The lowest BCUT2D eigenvalue weighted by Crippen LogP contribution is -2.51. The third-order valence-electron chi connectivity index (χ3n) is 5.71. The van der Waals surface area contributed by atoms with Crippen molar-refractivity contribution in [2.75, 3.05) is 6.26 Å². The highest BCUT2D eigenvalue weighted by Gasteiger charge is 2.46. The molecule has 0 saturated heterocycles. The standard InChI is InChI=1S/C20H27NO3S/c1-15(16-7-4-3-5-8-16)21-19(22)20(13-6-14-20)17-9-11-18(12-10-17)25(2,23)24/h7,9-12,15H,3-6,8,13-14H2,1-2H3,(H,21,22). The Morgan fingerprint density at radius 2 is 1.80 bits per heavy atom. The molecule has 0 radical (unpaired) electrons. The quantitative estimate of drug-likeness (QED) is 0.816. The normalized spacial score (nSPS) is 21.0. The highest BCUT2D eigenvalue weighted by molar-refractivity contribution is 7.90. The van der Waals surface area contributed by atoms with Crippen LogP contribution in [0.3, 0.4) is 0 Å². The lowest BCUT2D eigenvalue weighted by atomic mass is 9.63. The van der Waals surface area contributed by atoms with E-state index in [2.05, 4.69) is 18.3 Å². The van der Waals surface area contributed by atoms with Crippen molar-refractivity contribution in [1.82, 2.24) is 5.32 Å². The van der Waals surface area contributed by atoms with Crippen LogP contribution in [0.15, 0.2) is 40.8 Å². The molecule has 1 unspecified atom stereocenters. The number of carbonyl (C=O) groups excluding carboxylic acids is 1. The van der Waals surface area contributed by atoms with E-state index in [1.807, 2.05) is 0 Å². The van der Waals surface area contributed by atoms with Crippen LogP contribution >= 0.6 is 0 Å². The second kappa shape index (κ2) is 6.94. The highest BCUT2D eigenvalue weighted by atomic mass is 32.2. The van der Waals surface area contributed by atoms with Gasteiger partial charge in [0.2, 0.25) is 5.91 Å². The molecule has 1 amide bonds. The van der Waals surface area contributed by atoms with Gasteiger partial charge in [-0.3, -0.25) is 4.79 Å². The maximum atomic E-state index is 13.0. The summed E-state index contributed by atoms with van der Waals surface area (Å²) < 4.78 is 23.3. The Balaban J connectivity index is 1.78. The molecular formula is C20H27NO3S. The first-order chi connectivity index (χ1) is 11.8. The van der Waals surface area contributed by atoms with Crippen molar-refractivity contribution >= 4 is 15.7 Å². The van der Waals surface area contributed by atoms with Crippen molar-refractivity contribution in [2.45, 2.75) is 68.2 Å². The van der Waals surface area contributed by atoms with Crippen LogP contribution in [0.4, 0.5) is 0 Å². The second-order valence-corrected chi connectivity index (χ2v) is 9.47. The summed E-state index contributed by atoms with van der Waals surface area (Å²) in [6.45, 7) is 2.06. The van der Waals surface area contributed by atoms with Crippen LogP contribution in [0, 0.1) is 0 Å². The molecule has 2 aliphatic rings. The summed E-state index contributed by atoms with van der Waals surface area (Å²) in [5.74, 6) is 0.0739. The fourth-order valence-electron chi connectivity index (χ4n) is 3.88. The number of carbonyl (C=O) groups is 1. The number of benzene rings is 1. The minimum atomic E-state index is -3.22. The van der Waals surface area contributed by atoms with Crippen LogP contribution in [0.2, 0.25) is 0 Å². The van der Waals surface area contributed by atoms with Crippen LogP contribution < -0.4 is 5.32 Å². The molecule has 0 spiro atoms. The van der Waals surface area contributed by atoms with Crippen LogP contribution in [-0.2, 0) is 20.0 Å². The summed E-state index contributed by atoms with van der Waals surface area (Å²) in [4.78, 5) is 13.3. The van der Waals surface area contributed by atoms with Crippen molar-refractivity contribution in [3.63, 3.8) is 0 Å². The molecule has 0 heterocycles. The monoisotopic (exact) mass is 361 g/mol. The predicted octanol–water partition coefficient (Wildman–Crippen LogP) is 3.52. The maximum absolute atomic E-state index is 13.0. The molecule has 25 heavy (non-hydrogen) atoms. The summed E-state index contributed by atoms with van der Waals surface area (Å²) >= 11 is 0. The molecule has 1 aromatic rings. The van der Waals surface area contributed by atoms with E-state index < -0.39 is 15.3 Å². The average molecular weight is 362 g/mol. The topological polar surface area (TPSA) is 63.2 Å². The van der Waals surface area contributed by atoms with Gasteiger partial charge >= 0.3 is 0 Å². The van der Waals surface area contributed by atoms with Gasteiger partial charge in [-0.15, -0.1) is 0 Å². The Kier molecular flexibility index (Phi) is 5.05. The minimum Gasteiger partial charge on any atom is -0.349 e. The molecule has 2 aliphatic carbocycles. The summed E-state index contributed by atoms with van der Waals surface area (Å²) in [5, 5.41) is 3.21. The second-order valence-electron chi connectivity index (χ2n) is 7.45. The number of allylic oxidation sites excluding steroid dienone is 1. The Bertz CT molecular complexity index is 774. The van der Waals surface area contributed by atoms with E-state index in [-0.39, 0.29) is 11.9 Å². The first kappa shape index (κ1) is 18.2. The number of sulfone groups is 1. The predicted molar refractivity (Wildman–Crippen MR) is 99.2 cm³/mol. The molecule has 1 aromatic carbocycles. The van der Waals surface area contributed by atoms with Crippen molar-refractivity contribution in [2.24, 2.45) is 0 Å². The largest absolute Gasteiger partial charge is 0.349 e. The van der Waals surface area contributed by atoms with E-state index in [1.54, 1.807) is 24.3 Å². The van der Waals surface area contributed by atoms with E-state index in [4.69, 9.17) is 0 Å². The van der Waals surface area contributed by atoms with Crippen molar-refractivity contribution in [1.29, 1.82) is 0 Å². The van der Waals surface area contributed by atoms with E-state index in [0.717, 1.165) is 37.7 Å². The molecule has 1 atom stereocenters. The number of amides is 1. The summed E-state index contributed by atoms with van der Waals surface area (Å²) in [5.41, 5.74) is 1.76. The average Bonchev–Trinajstić information content (AvgIpc) is 2.54. The molecule has 1 fully saturated rings. The van der Waals surface area contributed by atoms with Gasteiger partial charge in [0.05, 0.1) is 10.3 Å². The smallest absolute Gasteiger partial charge is 0.231 e. The molecule has 0 bridgehead atoms. The van der Waals surface area contributed by atoms with E-state index in [1.165, 1.54) is 24.7 Å². The van der Waals surface area contributed by atoms with Gasteiger partial charge in [0.1, 0.15) is 0 Å². The van der Waals surface area contributed by atoms with E-state index in [0.29, 0.717) is 4.90 Å². The molecule has 1 N–H and O–H groups in total. The molecule has 0 aliphatic heterocycles. The first-order valence-corrected chi connectivity index (χ1v) is 11.0. The van der Waals surface area contributed by atoms with Gasteiger partial charge in [-0.25, -0.2) is 8.42 Å². The number of hydrogen-bond donors (Lipinski definition) is 1. The Morgan fingerprint density at radius 1 is 1.12 bits per heavy atom. The lowest BCUT2D eigenvalue weighted by Gasteiger charge is -2.41. The van der Waals surface area contributed by atoms with Crippen LogP contribution in [0.5, 0.6) is 0 Å². The molecule has 4 nitrogen and oxygen atoms in total. The Hall–Kier alpha value is -1.62. The van der Waals surface area contributed by atoms with Gasteiger partial charge in [0.25, 0.3) is 0 Å². The Labute approximate surface area is 150 Å². The van der Waals surface area contributed by atoms with Crippen LogP contribution in [0.1, 0.15) is 57.4 Å². The third kappa shape index (κ3) is 3.66.